The van der Waals surface area contributed by atoms with E-state index in [-0.39, 0.29) is 11.9 Å². The minimum absolute atomic E-state index is 0.160. The second-order valence-electron chi connectivity index (χ2n) is 7.57. The number of aromatic nitrogens is 1. The number of aromatic amines is 1. The molecule has 3 aromatic carbocycles. The average molecular weight is 429 g/mol. The molecule has 0 saturated heterocycles. The van der Waals surface area contributed by atoms with Crippen LogP contribution in [0.4, 0.5) is 0 Å². The average Bonchev–Trinajstić information content (AvgIpc) is 3.48. The maximum atomic E-state index is 13.1. The fourth-order valence-electron chi connectivity index (χ4n) is 3.91. The lowest BCUT2D eigenvalue weighted by Crippen LogP contribution is -2.33. The quantitative estimate of drug-likeness (QED) is 0.403. The molecule has 0 fully saturated rings. The van der Waals surface area contributed by atoms with Gasteiger partial charge in [-0.25, -0.2) is 0 Å². The summed E-state index contributed by atoms with van der Waals surface area (Å²) < 4.78 is 0. The Kier molecular flexibility index (Phi) is 5.18. The number of fused-ring (bicyclic) bond motifs is 1. The maximum Gasteiger partial charge on any atom is 0.268 e. The highest BCUT2D eigenvalue weighted by Crippen LogP contribution is 2.27. The number of hydrogen-bond acceptors (Lipinski definition) is 3. The molecule has 2 heterocycles. The van der Waals surface area contributed by atoms with E-state index in [2.05, 4.69) is 33.0 Å². The molecule has 6 heteroatoms. The van der Waals surface area contributed by atoms with Gasteiger partial charge in [-0.15, -0.1) is 0 Å². The van der Waals surface area contributed by atoms with Crippen molar-refractivity contribution in [3.63, 3.8) is 0 Å². The van der Waals surface area contributed by atoms with E-state index in [1.807, 2.05) is 66.7 Å². The van der Waals surface area contributed by atoms with Gasteiger partial charge in [0.2, 0.25) is 0 Å². The molecule has 1 aromatic heterocycles. The molecule has 4 aromatic rings. The van der Waals surface area contributed by atoms with Gasteiger partial charge in [-0.2, -0.15) is 5.10 Å². The summed E-state index contributed by atoms with van der Waals surface area (Å²) in [4.78, 5) is 16.3. The number of carbonyl (C=O) groups is 1. The molecule has 0 saturated carbocycles. The summed E-state index contributed by atoms with van der Waals surface area (Å²) in [5.74, 6) is -0.160. The summed E-state index contributed by atoms with van der Waals surface area (Å²) in [6.45, 7) is 0.769. The molecule has 1 unspecified atom stereocenters. The fraction of sp³-hybridized carbons (Fsp3) is 0.120. The van der Waals surface area contributed by atoms with Crippen molar-refractivity contribution >= 4 is 34.1 Å². The van der Waals surface area contributed by atoms with Crippen molar-refractivity contribution in [1.82, 2.24) is 15.7 Å². The van der Waals surface area contributed by atoms with E-state index >= 15 is 0 Å². The molecule has 0 spiro atoms. The number of H-pyrrole nitrogens is 1. The maximum absolute atomic E-state index is 13.1. The zero-order valence-electron chi connectivity index (χ0n) is 16.7. The summed E-state index contributed by atoms with van der Waals surface area (Å²) in [6, 6.07) is 25.3. The third kappa shape index (κ3) is 4.05. The topological polar surface area (TPSA) is 69.3 Å². The van der Waals surface area contributed by atoms with Gasteiger partial charge in [-0.05, 0) is 47.0 Å². The van der Waals surface area contributed by atoms with Crippen LogP contribution in [0.5, 0.6) is 0 Å². The van der Waals surface area contributed by atoms with Gasteiger partial charge in [0, 0.05) is 28.9 Å². The van der Waals surface area contributed by atoms with E-state index in [9.17, 15) is 4.79 Å². The van der Waals surface area contributed by atoms with Crippen LogP contribution < -0.4 is 10.7 Å². The molecule has 1 aliphatic rings. The molecule has 31 heavy (non-hydrogen) atoms. The molecular weight excluding hydrogens is 408 g/mol. The van der Waals surface area contributed by atoms with Crippen molar-refractivity contribution in [3.8, 4) is 11.1 Å². The lowest BCUT2D eigenvalue weighted by molar-refractivity contribution is 0.0942. The number of hydrogen-bond donors (Lipinski definition) is 3. The molecule has 0 aliphatic carbocycles. The first-order valence-corrected chi connectivity index (χ1v) is 10.6. The molecule has 0 bridgehead atoms. The van der Waals surface area contributed by atoms with Crippen molar-refractivity contribution in [2.24, 2.45) is 5.10 Å². The minimum Gasteiger partial charge on any atom is -0.351 e. The Morgan fingerprint density at radius 3 is 2.58 bits per heavy atom. The van der Waals surface area contributed by atoms with Crippen molar-refractivity contribution in [2.45, 2.75) is 12.5 Å². The van der Waals surface area contributed by atoms with E-state index in [0.717, 1.165) is 46.3 Å². The second-order valence-corrected chi connectivity index (χ2v) is 8.01. The van der Waals surface area contributed by atoms with Crippen LogP contribution >= 0.6 is 11.6 Å². The summed E-state index contributed by atoms with van der Waals surface area (Å²) >= 11 is 6.04. The van der Waals surface area contributed by atoms with Crippen LogP contribution in [0.1, 0.15) is 28.5 Å². The highest BCUT2D eigenvalue weighted by Gasteiger charge is 2.24. The Bertz CT molecular complexity index is 1240. The number of halogens is 1. The predicted octanol–water partition coefficient (Wildman–Crippen LogP) is 5.31. The van der Waals surface area contributed by atoms with E-state index in [0.29, 0.717) is 10.7 Å². The highest BCUT2D eigenvalue weighted by molar-refractivity contribution is 6.30. The Morgan fingerprint density at radius 2 is 1.81 bits per heavy atom. The zero-order valence-corrected chi connectivity index (χ0v) is 17.5. The molecule has 0 radical (unpaired) electrons. The number of para-hydroxylation sites is 1. The second kappa shape index (κ2) is 8.28. The van der Waals surface area contributed by atoms with Crippen LogP contribution in [-0.4, -0.2) is 23.1 Å². The number of hydrazone groups is 1. The lowest BCUT2D eigenvalue weighted by atomic mass is 9.96. The number of nitrogens with zero attached hydrogens (tertiary/aromatic N) is 1. The summed E-state index contributed by atoms with van der Waals surface area (Å²) in [5, 5.41) is 9.33. The first kappa shape index (κ1) is 19.4. The minimum atomic E-state index is -0.318. The Morgan fingerprint density at radius 1 is 0.968 bits per heavy atom. The van der Waals surface area contributed by atoms with Gasteiger partial charge >= 0.3 is 0 Å². The zero-order chi connectivity index (χ0) is 21.2. The summed E-state index contributed by atoms with van der Waals surface area (Å²) in [7, 11) is 0. The molecule has 154 valence electrons. The largest absolute Gasteiger partial charge is 0.351 e. The summed E-state index contributed by atoms with van der Waals surface area (Å²) in [5.41, 5.74) is 8.53. The van der Waals surface area contributed by atoms with Gasteiger partial charge in [-0.3, -0.25) is 4.79 Å². The summed E-state index contributed by atoms with van der Waals surface area (Å²) in [6.07, 6.45) is 0.781. The normalized spacial score (nSPS) is 14.2. The van der Waals surface area contributed by atoms with Crippen LogP contribution in [0, 0.1) is 0 Å². The van der Waals surface area contributed by atoms with Crippen molar-refractivity contribution in [1.29, 1.82) is 0 Å². The van der Waals surface area contributed by atoms with Crippen LogP contribution in [0.2, 0.25) is 5.02 Å². The molecule has 1 aliphatic heterocycles. The van der Waals surface area contributed by atoms with Gasteiger partial charge < -0.3 is 15.7 Å². The molecular formula is C25H21ClN4O. The van der Waals surface area contributed by atoms with Crippen LogP contribution in [0.15, 0.2) is 84.0 Å². The first-order valence-electron chi connectivity index (χ1n) is 10.2. The Hall–Kier alpha value is -3.57. The van der Waals surface area contributed by atoms with Crippen LogP contribution in [-0.2, 0) is 0 Å². The van der Waals surface area contributed by atoms with Crippen LogP contribution in [0.3, 0.4) is 0 Å². The monoisotopic (exact) mass is 428 g/mol. The number of benzene rings is 3. The Labute approximate surface area is 185 Å². The van der Waals surface area contributed by atoms with E-state index in [4.69, 9.17) is 11.6 Å². The Balaban J connectivity index is 1.47. The molecule has 1 atom stereocenters. The van der Waals surface area contributed by atoms with Crippen molar-refractivity contribution in [2.75, 3.05) is 6.54 Å². The van der Waals surface area contributed by atoms with Crippen LogP contribution in [0.25, 0.3) is 22.0 Å². The smallest absolute Gasteiger partial charge is 0.268 e. The van der Waals surface area contributed by atoms with Gasteiger partial charge in [0.25, 0.3) is 5.91 Å². The van der Waals surface area contributed by atoms with Crippen molar-refractivity contribution < 1.29 is 4.79 Å². The highest BCUT2D eigenvalue weighted by atomic mass is 35.5. The van der Waals surface area contributed by atoms with Gasteiger partial charge in [-0.1, -0.05) is 60.1 Å². The molecule has 1 amide bonds. The van der Waals surface area contributed by atoms with E-state index < -0.39 is 0 Å². The molecule has 3 N–H and O–H groups in total. The van der Waals surface area contributed by atoms with Crippen molar-refractivity contribution in [3.05, 3.63) is 95.1 Å². The van der Waals surface area contributed by atoms with Gasteiger partial charge in [0.15, 0.2) is 0 Å². The first-order chi connectivity index (χ1) is 15.2. The number of carbonyl (C=O) groups excluding carboxylic acids is 1. The SMILES string of the molecule is O=C(NC(C1=NNCC1)c1cccc(-c2ccc(Cl)cc2)c1)c1cc2ccccc2[nH]1. The molecule has 5 rings (SSSR count). The number of nitrogens with one attached hydrogen (secondary N) is 3. The van der Waals surface area contributed by atoms with Gasteiger partial charge in [0.1, 0.15) is 5.69 Å². The third-order valence-electron chi connectivity index (χ3n) is 5.50. The predicted molar refractivity (Wildman–Crippen MR) is 125 cm³/mol. The fourth-order valence-corrected chi connectivity index (χ4v) is 4.04. The molecule has 5 nitrogen and oxygen atoms in total. The third-order valence-corrected chi connectivity index (χ3v) is 5.75. The number of rotatable bonds is 5. The number of amides is 1. The van der Waals surface area contributed by atoms with E-state index in [1.165, 1.54) is 0 Å². The lowest BCUT2D eigenvalue weighted by Gasteiger charge is -2.19. The van der Waals surface area contributed by atoms with Gasteiger partial charge in [0.05, 0.1) is 11.8 Å². The van der Waals surface area contributed by atoms with E-state index in [1.54, 1.807) is 0 Å². The standard InChI is InChI=1S/C25H21ClN4O/c26-20-10-8-16(9-11-20)17-5-3-6-19(14-17)24(22-12-13-27-30-22)29-25(31)23-15-18-4-1-2-7-21(18)28-23/h1-11,14-15,24,27-28H,12-13H2,(H,29,31).